The normalized spacial score (nSPS) is 20.7. The molecule has 2 fully saturated rings. The van der Waals surface area contributed by atoms with Gasteiger partial charge in [0.05, 0.1) is 0 Å². The highest BCUT2D eigenvalue weighted by Gasteiger charge is 2.57. The minimum atomic E-state index is -0.643. The smallest absolute Gasteiger partial charge is 0.309 e. The Hall–Kier alpha value is -1.88. The van der Waals surface area contributed by atoms with E-state index in [-0.39, 0.29) is 17.4 Å². The van der Waals surface area contributed by atoms with Crippen LogP contribution in [0.3, 0.4) is 0 Å². The second-order valence-corrected chi connectivity index (χ2v) is 9.09. The van der Waals surface area contributed by atoms with Gasteiger partial charge in [0.1, 0.15) is 5.54 Å². The van der Waals surface area contributed by atoms with E-state index in [1.807, 2.05) is 30.0 Å². The zero-order valence-corrected chi connectivity index (χ0v) is 17.2. The molecule has 2 aliphatic rings. The largest absolute Gasteiger partial charge is 0.327 e. The Balaban J connectivity index is 1.76. The molecule has 0 atom stereocenters. The minimum absolute atomic E-state index is 0.0125. The van der Waals surface area contributed by atoms with Crippen LogP contribution >= 0.6 is 0 Å². The van der Waals surface area contributed by atoms with Gasteiger partial charge in [0.15, 0.2) is 0 Å². The molecule has 2 heterocycles. The molecule has 5 nitrogen and oxygen atoms in total. The zero-order valence-electron chi connectivity index (χ0n) is 17.2. The lowest BCUT2D eigenvalue weighted by molar-refractivity contribution is -0.135. The maximum atomic E-state index is 13.2. The van der Waals surface area contributed by atoms with E-state index in [0.717, 1.165) is 38.9 Å². The van der Waals surface area contributed by atoms with E-state index >= 15 is 0 Å². The molecule has 0 aromatic heterocycles. The predicted molar refractivity (Wildman–Crippen MR) is 107 cm³/mol. The van der Waals surface area contributed by atoms with Gasteiger partial charge in [0.2, 0.25) is 0 Å². The summed E-state index contributed by atoms with van der Waals surface area (Å²) in [6, 6.07) is 10.1. The standard InChI is InChI=1S/C22H33N3O2/c1-5-24-19(26)22(12-15-23(16-13-22)17-21(2,3)4)25(20(24)27)14-11-18-9-7-6-8-10-18/h6-10H,5,11-17H2,1-4H3. The molecule has 0 unspecified atom stereocenters. The maximum absolute atomic E-state index is 13.2. The lowest BCUT2D eigenvalue weighted by Crippen LogP contribution is -2.57. The van der Waals surface area contributed by atoms with Crippen LogP contribution in [0, 0.1) is 5.41 Å². The van der Waals surface area contributed by atoms with E-state index in [0.29, 0.717) is 13.1 Å². The fourth-order valence-electron chi connectivity index (χ4n) is 4.49. The van der Waals surface area contributed by atoms with Gasteiger partial charge in [0.25, 0.3) is 5.91 Å². The molecule has 2 aliphatic heterocycles. The van der Waals surface area contributed by atoms with Crippen molar-refractivity contribution in [2.75, 3.05) is 32.7 Å². The van der Waals surface area contributed by atoms with Crippen molar-refractivity contribution in [1.29, 1.82) is 0 Å². The summed E-state index contributed by atoms with van der Waals surface area (Å²) in [7, 11) is 0. The van der Waals surface area contributed by atoms with E-state index in [2.05, 4.69) is 37.8 Å². The van der Waals surface area contributed by atoms with Crippen molar-refractivity contribution in [3.8, 4) is 0 Å². The maximum Gasteiger partial charge on any atom is 0.327 e. The van der Waals surface area contributed by atoms with Crippen molar-refractivity contribution in [1.82, 2.24) is 14.7 Å². The molecule has 1 spiro atoms. The Morgan fingerprint density at radius 2 is 1.67 bits per heavy atom. The van der Waals surface area contributed by atoms with Crippen LogP contribution < -0.4 is 0 Å². The van der Waals surface area contributed by atoms with Gasteiger partial charge in [-0.3, -0.25) is 9.69 Å². The van der Waals surface area contributed by atoms with Crippen LogP contribution in [0.5, 0.6) is 0 Å². The lowest BCUT2D eigenvalue weighted by atomic mass is 9.84. The first-order valence-electron chi connectivity index (χ1n) is 10.2. The van der Waals surface area contributed by atoms with Crippen LogP contribution in [0.4, 0.5) is 4.79 Å². The monoisotopic (exact) mass is 371 g/mol. The van der Waals surface area contributed by atoms with Gasteiger partial charge in [-0.15, -0.1) is 0 Å². The molecule has 5 heteroatoms. The van der Waals surface area contributed by atoms with Crippen LogP contribution in [0.1, 0.15) is 46.1 Å². The van der Waals surface area contributed by atoms with Crippen LogP contribution in [-0.2, 0) is 11.2 Å². The van der Waals surface area contributed by atoms with E-state index in [1.165, 1.54) is 10.5 Å². The Morgan fingerprint density at radius 1 is 1.04 bits per heavy atom. The predicted octanol–water partition coefficient (Wildman–Crippen LogP) is 3.39. The number of carbonyl (C=O) groups excluding carboxylic acids is 2. The number of benzene rings is 1. The third kappa shape index (κ3) is 4.03. The van der Waals surface area contributed by atoms with Gasteiger partial charge in [-0.2, -0.15) is 0 Å². The Morgan fingerprint density at radius 3 is 2.22 bits per heavy atom. The molecule has 27 heavy (non-hydrogen) atoms. The molecule has 148 valence electrons. The van der Waals surface area contributed by atoms with E-state index in [1.54, 1.807) is 0 Å². The minimum Gasteiger partial charge on any atom is -0.309 e. The fourth-order valence-corrected chi connectivity index (χ4v) is 4.49. The lowest BCUT2D eigenvalue weighted by Gasteiger charge is -2.43. The van der Waals surface area contributed by atoms with Crippen molar-refractivity contribution in [2.24, 2.45) is 5.41 Å². The Kier molecular flexibility index (Phi) is 5.61. The number of hydrogen-bond donors (Lipinski definition) is 0. The molecule has 0 saturated carbocycles. The van der Waals surface area contributed by atoms with Gasteiger partial charge in [-0.05, 0) is 37.2 Å². The highest BCUT2D eigenvalue weighted by atomic mass is 16.2. The van der Waals surface area contributed by atoms with Crippen LogP contribution in [0.2, 0.25) is 0 Å². The molecule has 2 saturated heterocycles. The number of carbonyl (C=O) groups is 2. The number of piperidine rings is 1. The van der Waals surface area contributed by atoms with E-state index in [9.17, 15) is 9.59 Å². The van der Waals surface area contributed by atoms with Crippen molar-refractivity contribution in [3.63, 3.8) is 0 Å². The number of rotatable bonds is 5. The first kappa shape index (κ1) is 19.9. The average Bonchev–Trinajstić information content (AvgIpc) is 2.82. The summed E-state index contributed by atoms with van der Waals surface area (Å²) in [4.78, 5) is 31.9. The van der Waals surface area contributed by atoms with E-state index < -0.39 is 5.54 Å². The Bertz CT molecular complexity index is 673. The highest BCUT2D eigenvalue weighted by molar-refractivity contribution is 6.07. The summed E-state index contributed by atoms with van der Waals surface area (Å²) in [5.41, 5.74) is 0.798. The molecule has 0 aliphatic carbocycles. The molecular weight excluding hydrogens is 338 g/mol. The number of likely N-dealkylation sites (N-methyl/N-ethyl adjacent to an activating group) is 1. The molecule has 0 N–H and O–H groups in total. The molecule has 0 radical (unpaired) electrons. The summed E-state index contributed by atoms with van der Waals surface area (Å²) in [6.07, 6.45) is 2.25. The topological polar surface area (TPSA) is 43.9 Å². The van der Waals surface area contributed by atoms with Gasteiger partial charge in [-0.25, -0.2) is 4.79 Å². The van der Waals surface area contributed by atoms with Crippen LogP contribution in [0.15, 0.2) is 30.3 Å². The molecule has 1 aromatic rings. The third-order valence-corrected chi connectivity index (χ3v) is 5.79. The summed E-state index contributed by atoms with van der Waals surface area (Å²) < 4.78 is 0. The zero-order chi connectivity index (χ0) is 19.7. The molecule has 3 rings (SSSR count). The summed E-state index contributed by atoms with van der Waals surface area (Å²) in [5, 5.41) is 0. The number of hydrogen-bond acceptors (Lipinski definition) is 3. The van der Waals surface area contributed by atoms with Gasteiger partial charge < -0.3 is 9.80 Å². The Labute approximate surface area is 163 Å². The quantitative estimate of drug-likeness (QED) is 0.745. The number of imide groups is 1. The van der Waals surface area contributed by atoms with Gasteiger partial charge in [-0.1, -0.05) is 51.1 Å². The SMILES string of the molecule is CCN1C(=O)N(CCc2ccccc2)C2(CCN(CC(C)(C)C)CC2)C1=O. The second kappa shape index (κ2) is 7.63. The van der Waals surface area contributed by atoms with E-state index in [4.69, 9.17) is 0 Å². The first-order chi connectivity index (χ1) is 12.8. The van der Waals surface area contributed by atoms with Gasteiger partial charge >= 0.3 is 6.03 Å². The summed E-state index contributed by atoms with van der Waals surface area (Å²) >= 11 is 0. The van der Waals surface area contributed by atoms with Crippen molar-refractivity contribution in [3.05, 3.63) is 35.9 Å². The number of nitrogens with zero attached hydrogens (tertiary/aromatic N) is 3. The van der Waals surface area contributed by atoms with Crippen molar-refractivity contribution >= 4 is 11.9 Å². The molecule has 0 bridgehead atoms. The first-order valence-corrected chi connectivity index (χ1v) is 10.2. The van der Waals surface area contributed by atoms with Gasteiger partial charge in [0, 0.05) is 32.7 Å². The second-order valence-electron chi connectivity index (χ2n) is 9.09. The molecule has 1 aromatic carbocycles. The highest BCUT2D eigenvalue weighted by Crippen LogP contribution is 2.38. The molecular formula is C22H33N3O2. The van der Waals surface area contributed by atoms with Crippen LogP contribution in [0.25, 0.3) is 0 Å². The number of urea groups is 1. The van der Waals surface area contributed by atoms with Crippen LogP contribution in [-0.4, -0.2) is 64.9 Å². The number of likely N-dealkylation sites (tertiary alicyclic amines) is 1. The molecule has 3 amide bonds. The van der Waals surface area contributed by atoms with Crippen molar-refractivity contribution in [2.45, 2.75) is 52.5 Å². The average molecular weight is 372 g/mol. The summed E-state index contributed by atoms with van der Waals surface area (Å²) in [5.74, 6) is 0.0125. The number of amides is 3. The third-order valence-electron chi connectivity index (χ3n) is 5.79. The fraction of sp³-hybridized carbons (Fsp3) is 0.636. The van der Waals surface area contributed by atoms with Crippen molar-refractivity contribution < 1.29 is 9.59 Å². The summed E-state index contributed by atoms with van der Waals surface area (Å²) in [6.45, 7) is 12.4.